The van der Waals surface area contributed by atoms with Gasteiger partial charge in [-0.3, -0.25) is 9.69 Å². The molecule has 1 fully saturated rings. The molecule has 8 heteroatoms. The van der Waals surface area contributed by atoms with Crippen molar-refractivity contribution in [2.45, 2.75) is 13.0 Å². The zero-order chi connectivity index (χ0) is 17.8. The van der Waals surface area contributed by atoms with Gasteiger partial charge in [-0.2, -0.15) is 5.10 Å². The molecule has 1 unspecified atom stereocenters. The topological polar surface area (TPSA) is 66.3 Å². The van der Waals surface area contributed by atoms with Gasteiger partial charge < -0.3 is 10.2 Å². The smallest absolute Gasteiger partial charge is 0.287 e. The van der Waals surface area contributed by atoms with Crippen LogP contribution >= 0.6 is 11.6 Å². The Labute approximate surface area is 152 Å². The average Bonchev–Trinajstić information content (AvgIpc) is 2.63. The number of hydrogen-bond acceptors (Lipinski definition) is 6. The van der Waals surface area contributed by atoms with Crippen LogP contribution in [0.4, 0.5) is 11.5 Å². The number of rotatable bonds is 5. The fraction of sp³-hybridized carbons (Fsp3) is 0.471. The summed E-state index contributed by atoms with van der Waals surface area (Å²) in [6, 6.07) is 6.16. The predicted molar refractivity (Wildman–Crippen MR) is 100 cm³/mol. The van der Waals surface area contributed by atoms with Crippen molar-refractivity contribution >= 4 is 23.1 Å². The zero-order valence-corrected chi connectivity index (χ0v) is 15.3. The van der Waals surface area contributed by atoms with E-state index in [1.54, 1.807) is 13.2 Å². The van der Waals surface area contributed by atoms with Gasteiger partial charge in [0.2, 0.25) is 0 Å². The third-order valence-corrected chi connectivity index (χ3v) is 4.72. The minimum atomic E-state index is -0.289. The number of pyridine rings is 1. The van der Waals surface area contributed by atoms with E-state index in [1.165, 1.54) is 4.68 Å². The molecule has 1 N–H and O–H groups in total. The van der Waals surface area contributed by atoms with Crippen molar-refractivity contribution in [2.75, 3.05) is 42.9 Å². The van der Waals surface area contributed by atoms with Crippen LogP contribution < -0.4 is 15.8 Å². The van der Waals surface area contributed by atoms with Crippen LogP contribution in [0.5, 0.6) is 0 Å². The normalized spacial score (nSPS) is 16.7. The molecule has 2 aromatic rings. The molecule has 0 bridgehead atoms. The van der Waals surface area contributed by atoms with Crippen molar-refractivity contribution < 1.29 is 0 Å². The molecular formula is C17H23ClN6O. The van der Waals surface area contributed by atoms with E-state index in [2.05, 4.69) is 32.1 Å². The Balaban J connectivity index is 1.52. The number of nitrogens with zero attached hydrogens (tertiary/aromatic N) is 5. The molecule has 2 aromatic heterocycles. The van der Waals surface area contributed by atoms with Crippen molar-refractivity contribution in [1.82, 2.24) is 19.7 Å². The van der Waals surface area contributed by atoms with Gasteiger partial charge in [-0.05, 0) is 19.1 Å². The monoisotopic (exact) mass is 362 g/mol. The van der Waals surface area contributed by atoms with Crippen molar-refractivity contribution in [3.8, 4) is 0 Å². The number of anilines is 2. The summed E-state index contributed by atoms with van der Waals surface area (Å²) in [5, 5.41) is 7.49. The van der Waals surface area contributed by atoms with Gasteiger partial charge in [-0.25, -0.2) is 9.67 Å². The molecule has 1 aliphatic rings. The van der Waals surface area contributed by atoms with E-state index in [0.717, 1.165) is 38.5 Å². The van der Waals surface area contributed by atoms with Crippen LogP contribution in [0.1, 0.15) is 6.92 Å². The summed E-state index contributed by atoms with van der Waals surface area (Å²) in [6.07, 6.45) is 3.43. The van der Waals surface area contributed by atoms with E-state index >= 15 is 0 Å². The summed E-state index contributed by atoms with van der Waals surface area (Å²) in [5.74, 6) is 1.03. The summed E-state index contributed by atoms with van der Waals surface area (Å²) in [7, 11) is 1.59. The van der Waals surface area contributed by atoms with Crippen LogP contribution in [0.25, 0.3) is 0 Å². The standard InChI is InChI=1S/C17H23ClN6O/c1-13(21-14-11-20-22(2)17(25)16(14)18)12-23-7-9-24(10-8-23)15-5-3-4-6-19-15/h3-6,11,13,21H,7-10,12H2,1-2H3. The van der Waals surface area contributed by atoms with Crippen molar-refractivity contribution in [2.24, 2.45) is 7.05 Å². The van der Waals surface area contributed by atoms with Gasteiger partial charge in [-0.1, -0.05) is 17.7 Å². The molecule has 0 amide bonds. The second-order valence-corrected chi connectivity index (χ2v) is 6.70. The minimum absolute atomic E-state index is 0.160. The van der Waals surface area contributed by atoms with Crippen LogP contribution in [0.2, 0.25) is 5.02 Å². The second-order valence-electron chi connectivity index (χ2n) is 6.32. The molecule has 134 valence electrons. The first-order chi connectivity index (χ1) is 12.0. The largest absolute Gasteiger partial charge is 0.379 e. The maximum atomic E-state index is 11.8. The van der Waals surface area contributed by atoms with Gasteiger partial charge >= 0.3 is 0 Å². The first kappa shape index (κ1) is 17.7. The van der Waals surface area contributed by atoms with Gasteiger partial charge in [0.15, 0.2) is 0 Å². The Hall–Kier alpha value is -2.12. The Bertz CT molecular complexity index is 757. The third-order valence-electron chi connectivity index (χ3n) is 4.36. The van der Waals surface area contributed by atoms with Crippen LogP contribution in [-0.4, -0.2) is 58.4 Å². The quantitative estimate of drug-likeness (QED) is 0.868. The van der Waals surface area contributed by atoms with Crippen LogP contribution in [0, 0.1) is 0 Å². The molecule has 1 atom stereocenters. The Morgan fingerprint density at radius 2 is 2.04 bits per heavy atom. The fourth-order valence-electron chi connectivity index (χ4n) is 3.01. The van der Waals surface area contributed by atoms with Gasteiger partial charge in [0.25, 0.3) is 5.56 Å². The van der Waals surface area contributed by atoms with E-state index in [0.29, 0.717) is 5.69 Å². The highest BCUT2D eigenvalue weighted by atomic mass is 35.5. The lowest BCUT2D eigenvalue weighted by Gasteiger charge is -2.36. The summed E-state index contributed by atoms with van der Waals surface area (Å²) >= 11 is 6.11. The number of aryl methyl sites for hydroxylation is 1. The zero-order valence-electron chi connectivity index (χ0n) is 14.5. The van der Waals surface area contributed by atoms with Crippen molar-refractivity contribution in [3.63, 3.8) is 0 Å². The van der Waals surface area contributed by atoms with E-state index in [4.69, 9.17) is 11.6 Å². The molecule has 3 rings (SSSR count). The highest BCUT2D eigenvalue weighted by Gasteiger charge is 2.20. The van der Waals surface area contributed by atoms with Crippen LogP contribution in [0.15, 0.2) is 35.4 Å². The highest BCUT2D eigenvalue weighted by Crippen LogP contribution is 2.17. The molecule has 1 saturated heterocycles. The summed E-state index contributed by atoms with van der Waals surface area (Å²) in [5.41, 5.74) is 0.298. The van der Waals surface area contributed by atoms with Crippen LogP contribution in [0.3, 0.4) is 0 Å². The first-order valence-electron chi connectivity index (χ1n) is 8.41. The maximum Gasteiger partial charge on any atom is 0.287 e. The number of hydrogen-bond donors (Lipinski definition) is 1. The van der Waals surface area contributed by atoms with Gasteiger partial charge in [-0.15, -0.1) is 0 Å². The summed E-state index contributed by atoms with van der Waals surface area (Å²) in [6.45, 7) is 6.83. The molecule has 25 heavy (non-hydrogen) atoms. The highest BCUT2D eigenvalue weighted by molar-refractivity contribution is 6.32. The third kappa shape index (κ3) is 4.29. The lowest BCUT2D eigenvalue weighted by molar-refractivity contribution is 0.250. The molecule has 0 radical (unpaired) electrons. The van der Waals surface area contributed by atoms with E-state index < -0.39 is 0 Å². The number of nitrogens with one attached hydrogen (secondary N) is 1. The first-order valence-corrected chi connectivity index (χ1v) is 8.79. The predicted octanol–water partition coefficient (Wildman–Crippen LogP) is 1.45. The van der Waals surface area contributed by atoms with Gasteiger partial charge in [0, 0.05) is 52.0 Å². The van der Waals surface area contributed by atoms with E-state index in [1.807, 2.05) is 24.4 Å². The molecule has 1 aliphatic heterocycles. The van der Waals surface area contributed by atoms with Gasteiger partial charge in [0.1, 0.15) is 10.8 Å². The Morgan fingerprint density at radius 3 is 2.72 bits per heavy atom. The van der Waals surface area contributed by atoms with E-state index in [9.17, 15) is 4.79 Å². The van der Waals surface area contributed by atoms with Gasteiger partial charge in [0.05, 0.1) is 11.9 Å². The minimum Gasteiger partial charge on any atom is -0.379 e. The molecule has 0 aromatic carbocycles. The second kappa shape index (κ2) is 7.84. The fourth-order valence-corrected chi connectivity index (χ4v) is 3.24. The Kier molecular flexibility index (Phi) is 5.55. The molecule has 0 saturated carbocycles. The molecule has 3 heterocycles. The van der Waals surface area contributed by atoms with Crippen molar-refractivity contribution in [1.29, 1.82) is 0 Å². The Morgan fingerprint density at radius 1 is 1.28 bits per heavy atom. The number of halogens is 1. The lowest BCUT2D eigenvalue weighted by atomic mass is 10.2. The molecule has 0 aliphatic carbocycles. The average molecular weight is 363 g/mol. The lowest BCUT2D eigenvalue weighted by Crippen LogP contribution is -2.49. The molecular weight excluding hydrogens is 340 g/mol. The SMILES string of the molecule is CC(CN1CCN(c2ccccn2)CC1)Nc1cnn(C)c(=O)c1Cl. The number of aromatic nitrogens is 3. The van der Waals surface area contributed by atoms with Crippen LogP contribution in [-0.2, 0) is 7.05 Å². The summed E-state index contributed by atoms with van der Waals surface area (Å²) < 4.78 is 1.23. The number of piperazine rings is 1. The van der Waals surface area contributed by atoms with Crippen molar-refractivity contribution in [3.05, 3.63) is 46.0 Å². The maximum absolute atomic E-state index is 11.8. The molecule has 0 spiro atoms. The summed E-state index contributed by atoms with van der Waals surface area (Å²) in [4.78, 5) is 21.0. The molecule has 7 nitrogen and oxygen atoms in total. The van der Waals surface area contributed by atoms with E-state index in [-0.39, 0.29) is 16.6 Å².